The average Bonchev–Trinajstić information content (AvgIpc) is 2.52. The van der Waals surface area contributed by atoms with E-state index in [9.17, 15) is 9.90 Å². The Morgan fingerprint density at radius 2 is 2.23 bits per heavy atom. The second-order valence-electron chi connectivity index (χ2n) is 5.83. The van der Waals surface area contributed by atoms with Gasteiger partial charge >= 0.3 is 5.97 Å². The predicted molar refractivity (Wildman–Crippen MR) is 85.2 cm³/mol. The van der Waals surface area contributed by atoms with Gasteiger partial charge in [-0.25, -0.2) is 4.98 Å². The van der Waals surface area contributed by atoms with E-state index in [0.29, 0.717) is 6.54 Å². The molecule has 1 fully saturated rings. The van der Waals surface area contributed by atoms with Crippen LogP contribution in [-0.4, -0.2) is 66.9 Å². The number of morpholine rings is 1. The van der Waals surface area contributed by atoms with E-state index in [-0.39, 0.29) is 0 Å². The Morgan fingerprint density at radius 1 is 1.50 bits per heavy atom. The van der Waals surface area contributed by atoms with Gasteiger partial charge in [0.15, 0.2) is 0 Å². The molecule has 1 aromatic heterocycles. The minimum atomic E-state index is -0.774. The van der Waals surface area contributed by atoms with E-state index in [1.807, 2.05) is 19.1 Å². The molecule has 1 aliphatic heterocycles. The second kappa shape index (κ2) is 8.10. The Hall–Kier alpha value is -1.66. The molecule has 0 saturated carbocycles. The number of ether oxygens (including phenoxy) is 1. The van der Waals surface area contributed by atoms with Crippen LogP contribution in [0.2, 0.25) is 0 Å². The summed E-state index contributed by atoms with van der Waals surface area (Å²) in [7, 11) is 0. The molecule has 1 aliphatic rings. The maximum Gasteiger partial charge on any atom is 0.308 e. The average molecular weight is 307 g/mol. The molecule has 2 rings (SSSR count). The molecule has 22 heavy (non-hydrogen) atoms. The molecule has 0 bridgehead atoms. The van der Waals surface area contributed by atoms with Crippen LogP contribution in [0.25, 0.3) is 0 Å². The zero-order valence-electron chi connectivity index (χ0n) is 13.4. The summed E-state index contributed by atoms with van der Waals surface area (Å²) in [5.41, 5.74) is 1.13. The van der Waals surface area contributed by atoms with Gasteiger partial charge in [-0.15, -0.1) is 0 Å². The Kier molecular flexibility index (Phi) is 6.15. The molecule has 1 aromatic rings. The van der Waals surface area contributed by atoms with E-state index in [0.717, 1.165) is 50.8 Å². The van der Waals surface area contributed by atoms with E-state index >= 15 is 0 Å². The van der Waals surface area contributed by atoms with Crippen LogP contribution in [0.5, 0.6) is 0 Å². The summed E-state index contributed by atoms with van der Waals surface area (Å²) < 4.78 is 5.36. The number of hydrogen-bond donors (Lipinski definition) is 1. The number of pyridine rings is 1. The van der Waals surface area contributed by atoms with Crippen molar-refractivity contribution in [3.05, 3.63) is 23.9 Å². The molecule has 0 aromatic carbocycles. The van der Waals surface area contributed by atoms with Crippen molar-refractivity contribution >= 4 is 11.8 Å². The Morgan fingerprint density at radius 3 is 2.86 bits per heavy atom. The van der Waals surface area contributed by atoms with Crippen molar-refractivity contribution < 1.29 is 14.6 Å². The molecule has 1 saturated heterocycles. The number of aromatic nitrogens is 1. The minimum Gasteiger partial charge on any atom is -0.481 e. The Labute approximate surface area is 131 Å². The molecule has 0 radical (unpaired) electrons. The highest BCUT2D eigenvalue weighted by molar-refractivity contribution is 5.70. The highest BCUT2D eigenvalue weighted by Crippen LogP contribution is 2.14. The summed E-state index contributed by atoms with van der Waals surface area (Å²) in [5, 5.41) is 9.18. The molecule has 6 nitrogen and oxygen atoms in total. The van der Waals surface area contributed by atoms with E-state index in [1.54, 1.807) is 13.1 Å². The van der Waals surface area contributed by atoms with Crippen molar-refractivity contribution in [2.75, 3.05) is 50.8 Å². The molecule has 0 amide bonds. The van der Waals surface area contributed by atoms with Gasteiger partial charge < -0.3 is 14.7 Å². The van der Waals surface area contributed by atoms with Crippen LogP contribution in [0.4, 0.5) is 5.82 Å². The summed E-state index contributed by atoms with van der Waals surface area (Å²) >= 11 is 0. The number of carboxylic acid groups (broad SMARTS) is 1. The first-order chi connectivity index (χ1) is 10.6. The maximum absolute atomic E-state index is 11.2. The number of anilines is 1. The number of carboxylic acids is 1. The number of aliphatic carboxylic acids is 1. The molecule has 2 heterocycles. The third-order valence-electron chi connectivity index (χ3n) is 3.93. The fourth-order valence-corrected chi connectivity index (χ4v) is 2.49. The lowest BCUT2D eigenvalue weighted by atomic mass is 10.1. The van der Waals surface area contributed by atoms with Gasteiger partial charge in [0, 0.05) is 38.9 Å². The van der Waals surface area contributed by atoms with Crippen molar-refractivity contribution in [3.8, 4) is 0 Å². The standard InChI is InChI=1S/C16H25N3O3/c1-13-3-4-17-15(11-13)19(12-14(2)16(20)21)6-5-18-7-9-22-10-8-18/h3-4,11,14H,5-10,12H2,1-2H3,(H,20,21). The summed E-state index contributed by atoms with van der Waals surface area (Å²) in [6, 6.07) is 3.96. The number of nitrogens with zero attached hydrogens (tertiary/aromatic N) is 3. The van der Waals surface area contributed by atoms with Gasteiger partial charge in [0.2, 0.25) is 0 Å². The highest BCUT2D eigenvalue weighted by Gasteiger charge is 2.19. The van der Waals surface area contributed by atoms with Crippen LogP contribution < -0.4 is 4.90 Å². The summed E-state index contributed by atoms with van der Waals surface area (Å²) in [4.78, 5) is 20.0. The zero-order valence-corrected chi connectivity index (χ0v) is 13.4. The largest absolute Gasteiger partial charge is 0.481 e. The summed E-state index contributed by atoms with van der Waals surface area (Å²) in [6.45, 7) is 9.30. The monoisotopic (exact) mass is 307 g/mol. The highest BCUT2D eigenvalue weighted by atomic mass is 16.5. The van der Waals surface area contributed by atoms with Crippen LogP contribution in [0.3, 0.4) is 0 Å². The van der Waals surface area contributed by atoms with Crippen molar-refractivity contribution in [1.29, 1.82) is 0 Å². The topological polar surface area (TPSA) is 65.9 Å². The van der Waals surface area contributed by atoms with Gasteiger partial charge in [-0.05, 0) is 24.6 Å². The van der Waals surface area contributed by atoms with Gasteiger partial charge in [-0.1, -0.05) is 6.92 Å². The third-order valence-corrected chi connectivity index (χ3v) is 3.93. The normalized spacial score (nSPS) is 17.2. The fraction of sp³-hybridized carbons (Fsp3) is 0.625. The van der Waals surface area contributed by atoms with Crippen molar-refractivity contribution in [2.45, 2.75) is 13.8 Å². The van der Waals surface area contributed by atoms with E-state index in [1.165, 1.54) is 0 Å². The fourth-order valence-electron chi connectivity index (χ4n) is 2.49. The van der Waals surface area contributed by atoms with Crippen molar-refractivity contribution in [2.24, 2.45) is 5.92 Å². The van der Waals surface area contributed by atoms with Gasteiger partial charge in [0.1, 0.15) is 5.82 Å². The molecule has 1 atom stereocenters. The molecule has 1 unspecified atom stereocenters. The van der Waals surface area contributed by atoms with E-state index < -0.39 is 11.9 Å². The SMILES string of the molecule is Cc1ccnc(N(CCN2CCOCC2)CC(C)C(=O)O)c1. The number of hydrogen-bond acceptors (Lipinski definition) is 5. The third kappa shape index (κ3) is 4.96. The van der Waals surface area contributed by atoms with Gasteiger partial charge in [0.25, 0.3) is 0 Å². The maximum atomic E-state index is 11.2. The molecule has 6 heteroatoms. The van der Waals surface area contributed by atoms with Gasteiger partial charge in [-0.3, -0.25) is 9.69 Å². The quantitative estimate of drug-likeness (QED) is 0.818. The summed E-state index contributed by atoms with van der Waals surface area (Å²) in [6.07, 6.45) is 1.78. The van der Waals surface area contributed by atoms with Crippen LogP contribution in [-0.2, 0) is 9.53 Å². The van der Waals surface area contributed by atoms with Crippen LogP contribution in [0.1, 0.15) is 12.5 Å². The molecule has 0 spiro atoms. The molecule has 1 N–H and O–H groups in total. The summed E-state index contributed by atoms with van der Waals surface area (Å²) in [5.74, 6) is -0.350. The number of carbonyl (C=O) groups is 1. The first-order valence-corrected chi connectivity index (χ1v) is 7.77. The van der Waals surface area contributed by atoms with Gasteiger partial charge in [-0.2, -0.15) is 0 Å². The smallest absolute Gasteiger partial charge is 0.308 e. The lowest BCUT2D eigenvalue weighted by Crippen LogP contribution is -2.43. The molecule has 0 aliphatic carbocycles. The molecular formula is C16H25N3O3. The predicted octanol–water partition coefficient (Wildman–Crippen LogP) is 1.25. The van der Waals surface area contributed by atoms with Crippen LogP contribution in [0, 0.1) is 12.8 Å². The lowest BCUT2D eigenvalue weighted by molar-refractivity contribution is -0.140. The van der Waals surface area contributed by atoms with Crippen LogP contribution in [0.15, 0.2) is 18.3 Å². The second-order valence-corrected chi connectivity index (χ2v) is 5.83. The van der Waals surface area contributed by atoms with Crippen LogP contribution >= 0.6 is 0 Å². The Bertz CT molecular complexity index is 489. The van der Waals surface area contributed by atoms with E-state index in [2.05, 4.69) is 14.8 Å². The first kappa shape index (κ1) is 16.7. The van der Waals surface area contributed by atoms with E-state index in [4.69, 9.17) is 4.74 Å². The number of rotatable bonds is 7. The first-order valence-electron chi connectivity index (χ1n) is 7.77. The Balaban J connectivity index is 2.01. The van der Waals surface area contributed by atoms with Gasteiger partial charge in [0.05, 0.1) is 19.1 Å². The lowest BCUT2D eigenvalue weighted by Gasteiger charge is -2.31. The van der Waals surface area contributed by atoms with Crippen molar-refractivity contribution in [1.82, 2.24) is 9.88 Å². The molecular weight excluding hydrogens is 282 g/mol. The minimum absolute atomic E-state index is 0.424. The van der Waals surface area contributed by atoms with Crippen molar-refractivity contribution in [3.63, 3.8) is 0 Å². The number of aryl methyl sites for hydroxylation is 1. The zero-order chi connectivity index (χ0) is 15.9. The molecule has 122 valence electrons.